The molecule has 4 rings (SSSR count). The third-order valence-electron chi connectivity index (χ3n) is 6.09. The summed E-state index contributed by atoms with van der Waals surface area (Å²) in [7, 11) is -2.26. The molecule has 1 heterocycles. The van der Waals surface area contributed by atoms with Crippen LogP contribution in [0.1, 0.15) is 50.5 Å². The maximum Gasteiger partial charge on any atom is 0.312 e. The molecule has 31 heavy (non-hydrogen) atoms. The molecule has 1 fully saturated rings. The molecule has 3 aromatic rings. The van der Waals surface area contributed by atoms with Gasteiger partial charge in [0.1, 0.15) is 0 Å². The summed E-state index contributed by atoms with van der Waals surface area (Å²) in [5.74, 6) is -0.842. The standard InChI is InChI=1S/C24H28N2O4S/c1-16(24(27)30-2)22-20-13-6-7-14-21(20)25-23(22)17-9-8-12-19(15-17)31(28,29)26-18-10-4-3-5-11-18/h6-9,12-16,18,25-26H,3-5,10-11H2,1-2H3. The number of esters is 1. The van der Waals surface area contributed by atoms with Gasteiger partial charge in [-0.05, 0) is 49.1 Å². The second-order valence-corrected chi connectivity index (χ2v) is 9.90. The number of carbonyl (C=O) groups is 1. The Bertz CT molecular complexity index is 1190. The molecule has 1 aromatic heterocycles. The van der Waals surface area contributed by atoms with E-state index < -0.39 is 15.9 Å². The van der Waals surface area contributed by atoms with Gasteiger partial charge in [0.2, 0.25) is 10.0 Å². The summed E-state index contributed by atoms with van der Waals surface area (Å²) < 4.78 is 33.9. The molecule has 164 valence electrons. The van der Waals surface area contributed by atoms with Crippen LogP contribution in [0.4, 0.5) is 0 Å². The first-order valence-corrected chi connectivity index (χ1v) is 12.2. The average Bonchev–Trinajstić information content (AvgIpc) is 3.18. The Balaban J connectivity index is 1.76. The molecule has 0 bridgehead atoms. The molecule has 1 unspecified atom stereocenters. The molecule has 7 heteroatoms. The van der Waals surface area contributed by atoms with Gasteiger partial charge in [0.05, 0.1) is 23.6 Å². The van der Waals surface area contributed by atoms with Crippen LogP contribution >= 0.6 is 0 Å². The fourth-order valence-electron chi connectivity index (χ4n) is 4.46. The lowest BCUT2D eigenvalue weighted by atomic mass is 9.95. The first-order chi connectivity index (χ1) is 14.9. The number of carbonyl (C=O) groups excluding carboxylic acids is 1. The van der Waals surface area contributed by atoms with Gasteiger partial charge in [0.15, 0.2) is 0 Å². The van der Waals surface area contributed by atoms with Gasteiger partial charge in [0.25, 0.3) is 0 Å². The van der Waals surface area contributed by atoms with E-state index in [1.165, 1.54) is 7.11 Å². The van der Waals surface area contributed by atoms with E-state index in [2.05, 4.69) is 9.71 Å². The van der Waals surface area contributed by atoms with Crippen molar-refractivity contribution in [3.05, 3.63) is 54.1 Å². The fourth-order valence-corrected chi connectivity index (χ4v) is 5.81. The Morgan fingerprint density at radius 2 is 1.84 bits per heavy atom. The smallest absolute Gasteiger partial charge is 0.312 e. The third kappa shape index (κ3) is 4.38. The van der Waals surface area contributed by atoms with Crippen LogP contribution in [0.5, 0.6) is 0 Å². The molecule has 2 N–H and O–H groups in total. The Kier molecular flexibility index (Phi) is 6.16. The minimum absolute atomic E-state index is 0.00890. The quantitative estimate of drug-likeness (QED) is 0.543. The van der Waals surface area contributed by atoms with Crippen LogP contribution in [0, 0.1) is 0 Å². The second-order valence-electron chi connectivity index (χ2n) is 8.19. The summed E-state index contributed by atoms with van der Waals surface area (Å²) in [5.41, 5.74) is 3.14. The van der Waals surface area contributed by atoms with E-state index in [0.717, 1.165) is 54.3 Å². The van der Waals surface area contributed by atoms with E-state index in [1.54, 1.807) is 25.1 Å². The van der Waals surface area contributed by atoms with Crippen molar-refractivity contribution in [1.82, 2.24) is 9.71 Å². The molecule has 0 aliphatic heterocycles. The van der Waals surface area contributed by atoms with E-state index in [4.69, 9.17) is 4.74 Å². The summed E-state index contributed by atoms with van der Waals surface area (Å²) in [4.78, 5) is 15.9. The molecule has 0 saturated heterocycles. The van der Waals surface area contributed by atoms with E-state index >= 15 is 0 Å². The molecule has 6 nitrogen and oxygen atoms in total. The number of aromatic amines is 1. The van der Waals surface area contributed by atoms with Crippen molar-refractivity contribution in [1.29, 1.82) is 0 Å². The van der Waals surface area contributed by atoms with Crippen LogP contribution < -0.4 is 4.72 Å². The van der Waals surface area contributed by atoms with Crippen LogP contribution in [0.25, 0.3) is 22.2 Å². The number of sulfonamides is 1. The predicted octanol–water partition coefficient (Wildman–Crippen LogP) is 4.72. The fraction of sp³-hybridized carbons (Fsp3) is 0.375. The molecular formula is C24H28N2O4S. The van der Waals surface area contributed by atoms with Gasteiger partial charge < -0.3 is 9.72 Å². The molecular weight excluding hydrogens is 412 g/mol. The van der Waals surface area contributed by atoms with E-state index in [1.807, 2.05) is 30.3 Å². The Morgan fingerprint density at radius 3 is 2.58 bits per heavy atom. The lowest BCUT2D eigenvalue weighted by Gasteiger charge is -2.22. The van der Waals surface area contributed by atoms with Crippen LogP contribution in [0.15, 0.2) is 53.4 Å². The minimum Gasteiger partial charge on any atom is -0.469 e. The number of benzene rings is 2. The minimum atomic E-state index is -3.63. The van der Waals surface area contributed by atoms with Gasteiger partial charge in [-0.15, -0.1) is 0 Å². The summed E-state index contributed by atoms with van der Waals surface area (Å²) in [6.45, 7) is 1.80. The third-order valence-corrected chi connectivity index (χ3v) is 7.61. The highest BCUT2D eigenvalue weighted by Crippen LogP contribution is 2.36. The number of hydrogen-bond donors (Lipinski definition) is 2. The van der Waals surface area contributed by atoms with Crippen molar-refractivity contribution in [3.63, 3.8) is 0 Å². The summed E-state index contributed by atoms with van der Waals surface area (Å²) >= 11 is 0. The molecule has 1 aliphatic rings. The first-order valence-electron chi connectivity index (χ1n) is 10.7. The highest BCUT2D eigenvalue weighted by molar-refractivity contribution is 7.89. The van der Waals surface area contributed by atoms with Gasteiger partial charge in [-0.25, -0.2) is 13.1 Å². The number of fused-ring (bicyclic) bond motifs is 1. The van der Waals surface area contributed by atoms with E-state index in [9.17, 15) is 13.2 Å². The van der Waals surface area contributed by atoms with E-state index in [-0.39, 0.29) is 16.9 Å². The first kappa shape index (κ1) is 21.6. The number of hydrogen-bond acceptors (Lipinski definition) is 4. The number of methoxy groups -OCH3 is 1. The topological polar surface area (TPSA) is 88.3 Å². The number of aromatic nitrogens is 1. The zero-order valence-electron chi connectivity index (χ0n) is 17.9. The largest absolute Gasteiger partial charge is 0.469 e. The summed E-state index contributed by atoms with van der Waals surface area (Å²) in [5, 5.41) is 0.920. The van der Waals surface area contributed by atoms with Crippen molar-refractivity contribution < 1.29 is 17.9 Å². The van der Waals surface area contributed by atoms with Crippen LogP contribution in [0.2, 0.25) is 0 Å². The highest BCUT2D eigenvalue weighted by Gasteiger charge is 2.26. The van der Waals surface area contributed by atoms with Crippen molar-refractivity contribution in [2.75, 3.05) is 7.11 Å². The number of para-hydroxylation sites is 1. The molecule has 0 radical (unpaired) electrons. The van der Waals surface area contributed by atoms with E-state index in [0.29, 0.717) is 5.56 Å². The average molecular weight is 441 g/mol. The zero-order chi connectivity index (χ0) is 22.0. The summed E-state index contributed by atoms with van der Waals surface area (Å²) in [6, 6.07) is 14.6. The van der Waals surface area contributed by atoms with Crippen molar-refractivity contribution in [3.8, 4) is 11.3 Å². The SMILES string of the molecule is COC(=O)C(C)c1c(-c2cccc(S(=O)(=O)NC3CCCCC3)c2)[nH]c2ccccc12. The lowest BCUT2D eigenvalue weighted by Crippen LogP contribution is -2.36. The number of nitrogens with one attached hydrogen (secondary N) is 2. The Morgan fingerprint density at radius 1 is 1.10 bits per heavy atom. The highest BCUT2D eigenvalue weighted by atomic mass is 32.2. The molecule has 0 spiro atoms. The van der Waals surface area contributed by atoms with Gasteiger partial charge in [-0.3, -0.25) is 4.79 Å². The number of H-pyrrole nitrogens is 1. The zero-order valence-corrected chi connectivity index (χ0v) is 18.7. The van der Waals surface area contributed by atoms with Crippen molar-refractivity contribution in [2.45, 2.75) is 55.9 Å². The molecule has 1 atom stereocenters. The van der Waals surface area contributed by atoms with Gasteiger partial charge >= 0.3 is 5.97 Å². The normalized spacial score (nSPS) is 16.3. The van der Waals surface area contributed by atoms with Crippen LogP contribution in [-0.4, -0.2) is 32.5 Å². The maximum absolute atomic E-state index is 13.0. The summed E-state index contributed by atoms with van der Waals surface area (Å²) in [6.07, 6.45) is 5.02. The number of ether oxygens (including phenoxy) is 1. The van der Waals surface area contributed by atoms with Crippen LogP contribution in [-0.2, 0) is 19.6 Å². The van der Waals surface area contributed by atoms with Gasteiger partial charge in [-0.2, -0.15) is 0 Å². The molecule has 1 saturated carbocycles. The Labute approximate surface area is 183 Å². The van der Waals surface area contributed by atoms with Gasteiger partial charge in [-0.1, -0.05) is 49.6 Å². The van der Waals surface area contributed by atoms with Crippen molar-refractivity contribution in [2.24, 2.45) is 0 Å². The predicted molar refractivity (Wildman–Crippen MR) is 121 cm³/mol. The lowest BCUT2D eigenvalue weighted by molar-refractivity contribution is -0.141. The Hall–Kier alpha value is -2.64. The molecule has 1 aliphatic carbocycles. The molecule has 0 amide bonds. The van der Waals surface area contributed by atoms with Crippen LogP contribution in [0.3, 0.4) is 0 Å². The maximum atomic E-state index is 13.0. The number of rotatable bonds is 6. The van der Waals surface area contributed by atoms with Crippen molar-refractivity contribution >= 4 is 26.9 Å². The monoisotopic (exact) mass is 440 g/mol. The second kappa shape index (κ2) is 8.85. The van der Waals surface area contributed by atoms with Gasteiger partial charge in [0, 0.05) is 16.9 Å². The molecule has 2 aromatic carbocycles.